The monoisotopic (exact) mass is 1300 g/mol. The molecule has 8 aliphatic rings. The molecule has 4 heterocycles. The molecule has 524 valence electrons. The number of rotatable bonds is 12. The number of nitrogens with zero attached hydrogens (tertiary/aromatic N) is 8. The minimum atomic E-state index is 0.383. The van der Waals surface area contributed by atoms with Gasteiger partial charge in [0.1, 0.15) is 0 Å². The van der Waals surface area contributed by atoms with E-state index >= 15 is 0 Å². The van der Waals surface area contributed by atoms with Gasteiger partial charge in [0.2, 0.25) is 0 Å². The van der Waals surface area contributed by atoms with Gasteiger partial charge in [0.25, 0.3) is 0 Å². The lowest BCUT2D eigenvalue weighted by molar-refractivity contribution is 0.0365. The predicted octanol–water partition coefficient (Wildman–Crippen LogP) is 24.3. The first kappa shape index (κ1) is 72.0. The average Bonchev–Trinajstić information content (AvgIpc) is 1.32. The Morgan fingerprint density at radius 2 is 0.615 bits per heavy atom. The lowest BCUT2D eigenvalue weighted by Crippen LogP contribution is -2.45. The maximum Gasteiger partial charge on any atom is 0.0961 e. The maximum absolute atomic E-state index is 4.64. The molecule has 96 heavy (non-hydrogen) atoms. The lowest BCUT2D eigenvalue weighted by atomic mass is 9.52. The average molecular weight is 1300 g/mol. The van der Waals surface area contributed by atoms with Crippen LogP contribution in [0, 0.1) is 116 Å². The van der Waals surface area contributed by atoms with Crippen LogP contribution in [0.5, 0.6) is 0 Å². The minimum Gasteiger partial charge on any atom is -0.334 e. The van der Waals surface area contributed by atoms with Gasteiger partial charge in [-0.05, 0) is 243 Å². The molecule has 8 heteroatoms. The van der Waals surface area contributed by atoms with E-state index in [0.717, 1.165) is 106 Å². The molecule has 8 nitrogen and oxygen atoms in total. The summed E-state index contributed by atoms with van der Waals surface area (Å²) in [5.74, 6) is 12.8. The molecule has 0 N–H and O–H groups in total. The highest BCUT2D eigenvalue weighted by Crippen LogP contribution is 2.62. The summed E-state index contributed by atoms with van der Waals surface area (Å²) < 4.78 is 9.52. The second kappa shape index (κ2) is 29.5. The van der Waals surface area contributed by atoms with E-state index in [2.05, 4.69) is 275 Å². The molecule has 0 bridgehead atoms. The fourth-order valence-corrected chi connectivity index (χ4v) is 23.4. The summed E-state index contributed by atoms with van der Waals surface area (Å²) in [6.07, 6.45) is 47.0. The number of benzene rings is 2. The number of hydrogen-bond donors (Lipinski definition) is 0. The largest absolute Gasteiger partial charge is 0.334 e. The molecule has 0 amide bonds. The molecule has 8 unspecified atom stereocenters. The van der Waals surface area contributed by atoms with Crippen LogP contribution in [-0.4, -0.2) is 38.2 Å². The van der Waals surface area contributed by atoms with Crippen LogP contribution in [0.3, 0.4) is 0 Å². The van der Waals surface area contributed by atoms with Crippen molar-refractivity contribution < 1.29 is 0 Å². The van der Waals surface area contributed by atoms with Gasteiger partial charge in [-0.1, -0.05) is 209 Å². The summed E-state index contributed by atoms with van der Waals surface area (Å²) in [5.41, 5.74) is 13.3. The van der Waals surface area contributed by atoms with E-state index in [9.17, 15) is 0 Å². The zero-order valence-electron chi connectivity index (χ0n) is 64.0. The molecule has 14 rings (SSSR count). The topological polar surface area (TPSA) is 71.3 Å². The van der Waals surface area contributed by atoms with Gasteiger partial charge >= 0.3 is 0 Å². The van der Waals surface area contributed by atoms with Crippen LogP contribution in [0.4, 0.5) is 0 Å². The number of hydrogen-bond acceptors (Lipinski definition) is 4. The first-order valence-corrected chi connectivity index (χ1v) is 39.3. The molecule has 0 radical (unpaired) electrons. The Morgan fingerprint density at radius 3 is 0.875 bits per heavy atom. The Labute approximate surface area is 584 Å². The van der Waals surface area contributed by atoms with Crippen LogP contribution in [0.1, 0.15) is 265 Å². The van der Waals surface area contributed by atoms with Gasteiger partial charge in [0.05, 0.1) is 47.4 Å². The highest BCUT2D eigenvalue weighted by Gasteiger charge is 2.53. The molecule has 4 saturated carbocycles. The summed E-state index contributed by atoms with van der Waals surface area (Å²) in [7, 11) is 0. The Hall–Kier alpha value is -5.24. The van der Waals surface area contributed by atoms with Crippen LogP contribution in [0.15, 0.2) is 145 Å². The number of fused-ring (bicyclic) bond motifs is 6. The fraction of sp³-hybridized carbons (Fsp3) is 0.682. The molecule has 4 fully saturated rings. The summed E-state index contributed by atoms with van der Waals surface area (Å²) in [6, 6.07) is 19.5. The van der Waals surface area contributed by atoms with Crippen LogP contribution in [0.25, 0.3) is 22.1 Å². The quantitative estimate of drug-likeness (QED) is 0.115. The summed E-state index contributed by atoms with van der Waals surface area (Å²) in [5, 5.41) is 0. The molecule has 0 aliphatic heterocycles. The van der Waals surface area contributed by atoms with E-state index < -0.39 is 0 Å². The maximum atomic E-state index is 4.64. The highest BCUT2D eigenvalue weighted by molar-refractivity contribution is 5.76. The van der Waals surface area contributed by atoms with Crippen molar-refractivity contribution in [1.29, 1.82) is 0 Å². The molecular weight excluding hydrogens is 1170 g/mol. The van der Waals surface area contributed by atoms with Gasteiger partial charge in [-0.15, -0.1) is 0 Å². The van der Waals surface area contributed by atoms with Crippen molar-refractivity contribution in [2.75, 3.05) is 0 Å². The van der Waals surface area contributed by atoms with E-state index in [1.165, 1.54) is 114 Å². The van der Waals surface area contributed by atoms with Crippen molar-refractivity contribution in [3.63, 3.8) is 0 Å². The Morgan fingerprint density at radius 1 is 0.344 bits per heavy atom. The van der Waals surface area contributed by atoms with Gasteiger partial charge in [-0.3, -0.25) is 0 Å². The smallest absolute Gasteiger partial charge is 0.0961 e. The molecule has 4 aromatic heterocycles. The third-order valence-electron chi connectivity index (χ3n) is 28.0. The second-order valence-electron chi connectivity index (χ2n) is 36.1. The zero-order chi connectivity index (χ0) is 68.8. The van der Waals surface area contributed by atoms with Gasteiger partial charge in [0.15, 0.2) is 0 Å². The van der Waals surface area contributed by atoms with Gasteiger partial charge in [-0.25, -0.2) is 19.9 Å². The van der Waals surface area contributed by atoms with Crippen LogP contribution in [0.2, 0.25) is 0 Å². The van der Waals surface area contributed by atoms with Crippen LogP contribution in [-0.2, 0) is 0 Å². The van der Waals surface area contributed by atoms with E-state index in [-0.39, 0.29) is 0 Å². The first-order chi connectivity index (χ1) is 45.7. The third-order valence-corrected chi connectivity index (χ3v) is 28.0. The predicted molar refractivity (Wildman–Crippen MR) is 405 cm³/mol. The Bertz CT molecular complexity index is 3380. The second-order valence-corrected chi connectivity index (χ2v) is 36.1. The molecule has 6 aromatic rings. The summed E-state index contributed by atoms with van der Waals surface area (Å²) in [4.78, 5) is 17.8. The number of allylic oxidation sites excluding steroid dienone is 8. The lowest BCUT2D eigenvalue weighted by Gasteiger charge is -2.53. The number of aromatic nitrogens is 8. The van der Waals surface area contributed by atoms with E-state index in [4.69, 9.17) is 0 Å². The molecule has 0 saturated heterocycles. The minimum absolute atomic E-state index is 0.383. The summed E-state index contributed by atoms with van der Waals surface area (Å²) in [6.45, 7) is 49.2. The van der Waals surface area contributed by atoms with Crippen molar-refractivity contribution >= 4 is 22.1 Å². The van der Waals surface area contributed by atoms with Crippen LogP contribution >= 0.6 is 0 Å². The SMILES string of the molecule is CC(C)C1CC=C2C[C@@H](n3ccnc3)CC[C@]2(C)C1C(C)C.CC(C)C1CC=C2C[C@@H](n3cnc4ccccc43)CC[C@]2(C)C1C(C)C.CC(C)C1CC=C2C[C@H](n3ccnc3)CC[C@]2(C)C1C(C)C.CC(C)C1CC=C2C[C@H](n3cnc4ccccc43)CC[C@]2(C)C1C(C)C. The zero-order valence-corrected chi connectivity index (χ0v) is 64.0. The standard InChI is InChI=1S/2C24H34N2.2C20H32N2/c2*1-16(2)20-11-10-18-14-19(12-13-24(18,5)23(20)17(3)4)26-15-25-21-8-6-7-9-22(21)26;2*1-14(2)18-7-6-16-12-17(22-11-10-21-13-22)8-9-20(16,5)19(18)15(3)4/h2*6-10,15-17,19-20,23H,11-14H2,1-5H3;2*6,10-11,13-15,17-19H,7-9,12H2,1-5H3/t19-,20?,23?,24+;19-,20?,23?,24-;17-,18?,19?,20+;17-,18?,19?,20-/m1010/s1. The molecule has 8 aliphatic carbocycles. The van der Waals surface area contributed by atoms with E-state index in [1.807, 2.05) is 25.0 Å². The normalized spacial score (nSPS) is 33.7. The molecule has 2 aromatic carbocycles. The molecular formula is C88H132N8. The number of imidazole rings is 4. The fourth-order valence-electron chi connectivity index (χ4n) is 23.4. The Balaban J connectivity index is 0.000000130. The van der Waals surface area contributed by atoms with Crippen molar-refractivity contribution in [2.45, 2.75) is 265 Å². The van der Waals surface area contributed by atoms with Crippen molar-refractivity contribution in [3.05, 3.63) is 145 Å². The third kappa shape index (κ3) is 14.0. The van der Waals surface area contributed by atoms with Crippen molar-refractivity contribution in [3.8, 4) is 0 Å². The highest BCUT2D eigenvalue weighted by atomic mass is 15.1. The van der Waals surface area contributed by atoms with Crippen LogP contribution < -0.4 is 0 Å². The molecule has 16 atom stereocenters. The Kier molecular flexibility index (Phi) is 22.2. The van der Waals surface area contributed by atoms with Gasteiger partial charge in [0, 0.05) is 49.0 Å². The van der Waals surface area contributed by atoms with Crippen molar-refractivity contribution in [2.24, 2.45) is 116 Å². The molecule has 0 spiro atoms. The van der Waals surface area contributed by atoms with E-state index in [1.54, 1.807) is 22.3 Å². The van der Waals surface area contributed by atoms with Crippen molar-refractivity contribution in [1.82, 2.24) is 38.2 Å². The number of para-hydroxylation sites is 4. The first-order valence-electron chi connectivity index (χ1n) is 39.3. The van der Waals surface area contributed by atoms with Gasteiger partial charge in [-0.2, -0.15) is 0 Å². The van der Waals surface area contributed by atoms with E-state index in [0.29, 0.717) is 45.8 Å². The summed E-state index contributed by atoms with van der Waals surface area (Å²) >= 11 is 0. The van der Waals surface area contributed by atoms with Gasteiger partial charge < -0.3 is 18.3 Å².